The molecule has 2 rings (SSSR count). The van der Waals surface area contributed by atoms with Gasteiger partial charge in [-0.3, -0.25) is 10.4 Å². The van der Waals surface area contributed by atoms with Gasteiger partial charge in [-0.15, -0.1) is 12.6 Å². The number of pyridine rings is 1. The first-order valence-electron chi connectivity index (χ1n) is 4.98. The summed E-state index contributed by atoms with van der Waals surface area (Å²) in [6.07, 6.45) is 5.35. The van der Waals surface area contributed by atoms with Gasteiger partial charge in [0.25, 0.3) is 0 Å². The van der Waals surface area contributed by atoms with Gasteiger partial charge in [0.2, 0.25) is 0 Å². The lowest BCUT2D eigenvalue weighted by Crippen LogP contribution is -1.87. The number of hydrogen-bond acceptors (Lipinski definition) is 2. The smallest absolute Gasteiger partial charge is 0.0839 e. The van der Waals surface area contributed by atoms with Crippen molar-refractivity contribution in [2.45, 2.75) is 6.92 Å². The molecular formula is C13H12N2S. The Morgan fingerprint density at radius 3 is 2.94 bits per heavy atom. The minimum absolute atomic E-state index is 0.250. The lowest BCUT2D eigenvalue weighted by Gasteiger charge is -2.04. The first kappa shape index (κ1) is 10.9. The van der Waals surface area contributed by atoms with Crippen LogP contribution in [0.4, 0.5) is 0 Å². The molecule has 1 aromatic heterocycles. The number of rotatable bonds is 2. The number of aromatic nitrogens is 1. The van der Waals surface area contributed by atoms with E-state index in [1.54, 1.807) is 12.3 Å². The van der Waals surface area contributed by atoms with Crippen LogP contribution < -0.4 is 0 Å². The zero-order valence-corrected chi connectivity index (χ0v) is 9.83. The van der Waals surface area contributed by atoms with Gasteiger partial charge in [-0.05, 0) is 30.2 Å². The van der Waals surface area contributed by atoms with Gasteiger partial charge in [0.05, 0.1) is 10.6 Å². The highest BCUT2D eigenvalue weighted by atomic mass is 32.1. The summed E-state index contributed by atoms with van der Waals surface area (Å²) in [6, 6.07) is 8.05. The van der Waals surface area contributed by atoms with Crippen molar-refractivity contribution in [3.8, 4) is 0 Å². The lowest BCUT2D eigenvalue weighted by molar-refractivity contribution is 1.36. The number of thiol groups is 1. The Labute approximate surface area is 99.9 Å². The third-order valence-electron chi connectivity index (χ3n) is 2.49. The van der Waals surface area contributed by atoms with E-state index in [9.17, 15) is 0 Å². The first-order valence-corrected chi connectivity index (χ1v) is 5.43. The molecule has 0 aliphatic carbocycles. The third-order valence-corrected chi connectivity index (χ3v) is 2.64. The molecule has 1 heterocycles. The highest BCUT2D eigenvalue weighted by molar-refractivity contribution is 7.97. The van der Waals surface area contributed by atoms with Crippen LogP contribution in [0.2, 0.25) is 0 Å². The monoisotopic (exact) mass is 228 g/mol. The predicted octanol–water partition coefficient (Wildman–Crippen LogP) is 3.46. The van der Waals surface area contributed by atoms with Crippen LogP contribution in [0.15, 0.2) is 36.5 Å². The SMILES string of the molecule is Cc1c(/C=C\C(=N)S)ccc2cccnc12. The summed E-state index contributed by atoms with van der Waals surface area (Å²) in [4.78, 5) is 4.36. The van der Waals surface area contributed by atoms with Crippen molar-refractivity contribution in [3.63, 3.8) is 0 Å². The van der Waals surface area contributed by atoms with E-state index >= 15 is 0 Å². The fourth-order valence-corrected chi connectivity index (χ4v) is 1.73. The van der Waals surface area contributed by atoms with Crippen LogP contribution >= 0.6 is 12.6 Å². The maximum absolute atomic E-state index is 7.24. The molecule has 3 heteroatoms. The third kappa shape index (κ3) is 2.14. The molecule has 80 valence electrons. The average Bonchev–Trinajstić information content (AvgIpc) is 2.28. The minimum atomic E-state index is 0.250. The van der Waals surface area contributed by atoms with Gasteiger partial charge < -0.3 is 0 Å². The summed E-state index contributed by atoms with van der Waals surface area (Å²) in [5, 5.41) is 8.63. The van der Waals surface area contributed by atoms with Crippen LogP contribution in [0.1, 0.15) is 11.1 Å². The molecule has 16 heavy (non-hydrogen) atoms. The van der Waals surface area contributed by atoms with Gasteiger partial charge in [0, 0.05) is 11.6 Å². The maximum Gasteiger partial charge on any atom is 0.0839 e. The Kier molecular flexibility index (Phi) is 3.06. The van der Waals surface area contributed by atoms with Crippen LogP contribution in [0.25, 0.3) is 17.0 Å². The van der Waals surface area contributed by atoms with Gasteiger partial charge >= 0.3 is 0 Å². The number of nitrogens with zero attached hydrogens (tertiary/aromatic N) is 1. The molecule has 1 N–H and O–H groups in total. The van der Waals surface area contributed by atoms with Crippen molar-refractivity contribution in [2.75, 3.05) is 0 Å². The Morgan fingerprint density at radius 2 is 2.19 bits per heavy atom. The van der Waals surface area contributed by atoms with E-state index in [-0.39, 0.29) is 5.04 Å². The van der Waals surface area contributed by atoms with Gasteiger partial charge in [0.1, 0.15) is 0 Å². The number of nitrogens with one attached hydrogen (secondary N) is 1. The molecule has 1 aromatic carbocycles. The summed E-state index contributed by atoms with van der Waals surface area (Å²) in [6.45, 7) is 2.04. The van der Waals surface area contributed by atoms with Crippen molar-refractivity contribution in [1.29, 1.82) is 5.41 Å². The Morgan fingerprint density at radius 1 is 1.38 bits per heavy atom. The fraction of sp³-hybridized carbons (Fsp3) is 0.0769. The van der Waals surface area contributed by atoms with E-state index in [4.69, 9.17) is 5.41 Å². The molecule has 0 aliphatic heterocycles. The summed E-state index contributed by atoms with van der Waals surface area (Å²) in [5.74, 6) is 0. The van der Waals surface area contributed by atoms with Crippen LogP contribution in [0.5, 0.6) is 0 Å². The number of aryl methyl sites for hydroxylation is 1. The van der Waals surface area contributed by atoms with Gasteiger partial charge in [0.15, 0.2) is 0 Å². The van der Waals surface area contributed by atoms with Gasteiger partial charge in [-0.1, -0.05) is 24.3 Å². The standard InChI is InChI=1S/C13H12N2S/c1-9-10(6-7-12(14)16)4-5-11-3-2-8-15-13(9)11/h2-8H,1H3,(H2,14,16)/b7-6-. The highest BCUT2D eigenvalue weighted by Gasteiger charge is 2.01. The Balaban J connectivity index is 2.56. The topological polar surface area (TPSA) is 36.7 Å². The summed E-state index contributed by atoms with van der Waals surface area (Å²) in [5.41, 5.74) is 3.21. The average molecular weight is 228 g/mol. The first-order chi connectivity index (χ1) is 7.68. The quantitative estimate of drug-likeness (QED) is 0.461. The highest BCUT2D eigenvalue weighted by Crippen LogP contribution is 2.20. The van der Waals surface area contributed by atoms with E-state index in [2.05, 4.69) is 17.6 Å². The van der Waals surface area contributed by atoms with E-state index in [1.165, 1.54) is 0 Å². The molecule has 0 radical (unpaired) electrons. The van der Waals surface area contributed by atoms with E-state index in [0.29, 0.717) is 0 Å². The normalized spacial score (nSPS) is 11.1. The van der Waals surface area contributed by atoms with Crippen molar-refractivity contribution in [1.82, 2.24) is 4.98 Å². The van der Waals surface area contributed by atoms with Crippen LogP contribution in [-0.4, -0.2) is 10.0 Å². The van der Waals surface area contributed by atoms with Gasteiger partial charge in [-0.25, -0.2) is 0 Å². The van der Waals surface area contributed by atoms with Crippen molar-refractivity contribution in [3.05, 3.63) is 47.7 Å². The van der Waals surface area contributed by atoms with Crippen LogP contribution in [0, 0.1) is 12.3 Å². The van der Waals surface area contributed by atoms with Crippen molar-refractivity contribution in [2.24, 2.45) is 0 Å². The second-order valence-corrected chi connectivity index (χ2v) is 4.06. The molecule has 0 saturated heterocycles. The Bertz CT molecular complexity index is 573. The molecular weight excluding hydrogens is 216 g/mol. The van der Waals surface area contributed by atoms with Gasteiger partial charge in [-0.2, -0.15) is 0 Å². The van der Waals surface area contributed by atoms with E-state index in [1.807, 2.05) is 37.3 Å². The minimum Gasteiger partial charge on any atom is -0.294 e. The molecule has 0 fully saturated rings. The van der Waals surface area contributed by atoms with E-state index in [0.717, 1.165) is 22.0 Å². The predicted molar refractivity (Wildman–Crippen MR) is 72.2 cm³/mol. The maximum atomic E-state index is 7.24. The molecule has 0 saturated carbocycles. The lowest BCUT2D eigenvalue weighted by atomic mass is 10.0. The summed E-state index contributed by atoms with van der Waals surface area (Å²) in [7, 11) is 0. The number of fused-ring (bicyclic) bond motifs is 1. The molecule has 2 aromatic rings. The van der Waals surface area contributed by atoms with Crippen molar-refractivity contribution >= 4 is 34.7 Å². The molecule has 0 aliphatic rings. The Hall–Kier alpha value is -1.61. The molecule has 0 spiro atoms. The van der Waals surface area contributed by atoms with E-state index < -0.39 is 0 Å². The fourth-order valence-electron chi connectivity index (χ4n) is 1.66. The number of hydrogen-bond donors (Lipinski definition) is 2. The van der Waals surface area contributed by atoms with Crippen LogP contribution in [-0.2, 0) is 0 Å². The zero-order chi connectivity index (χ0) is 11.5. The van der Waals surface area contributed by atoms with Crippen LogP contribution in [0.3, 0.4) is 0 Å². The number of benzene rings is 1. The second kappa shape index (κ2) is 4.49. The van der Waals surface area contributed by atoms with Crippen molar-refractivity contribution < 1.29 is 0 Å². The zero-order valence-electron chi connectivity index (χ0n) is 8.94. The molecule has 0 amide bonds. The molecule has 0 atom stereocenters. The molecule has 0 unspecified atom stereocenters. The second-order valence-electron chi connectivity index (χ2n) is 3.57. The molecule has 2 nitrogen and oxygen atoms in total. The largest absolute Gasteiger partial charge is 0.294 e. The summed E-state index contributed by atoms with van der Waals surface area (Å²) < 4.78 is 0. The molecule has 0 bridgehead atoms. The summed E-state index contributed by atoms with van der Waals surface area (Å²) >= 11 is 3.92.